The molecule has 158 valence electrons. The van der Waals surface area contributed by atoms with Crippen LogP contribution in [0.15, 0.2) is 30.6 Å². The van der Waals surface area contributed by atoms with Gasteiger partial charge in [0.05, 0.1) is 23.0 Å². The number of aromatic nitrogens is 2. The van der Waals surface area contributed by atoms with Gasteiger partial charge in [0, 0.05) is 36.9 Å². The molecule has 1 fully saturated rings. The maximum absolute atomic E-state index is 12.2. The molecule has 29 heavy (non-hydrogen) atoms. The van der Waals surface area contributed by atoms with Gasteiger partial charge < -0.3 is 9.53 Å². The lowest BCUT2D eigenvalue weighted by Crippen LogP contribution is -2.52. The molecule has 0 amide bonds. The highest BCUT2D eigenvalue weighted by molar-refractivity contribution is 7.15. The molecule has 2 aromatic heterocycles. The molecule has 0 radical (unpaired) electrons. The topological polar surface area (TPSA) is 55.3 Å². The minimum Gasteiger partial charge on any atom is -0.378 e. The van der Waals surface area contributed by atoms with Crippen LogP contribution in [0.1, 0.15) is 45.9 Å². The van der Waals surface area contributed by atoms with Crippen LogP contribution in [0.2, 0.25) is 0 Å². The summed E-state index contributed by atoms with van der Waals surface area (Å²) in [6.07, 6.45) is 5.70. The van der Waals surface area contributed by atoms with Crippen LogP contribution in [0, 0.1) is 16.7 Å². The van der Waals surface area contributed by atoms with E-state index in [2.05, 4.69) is 47.8 Å². The highest BCUT2D eigenvalue weighted by Crippen LogP contribution is 2.41. The van der Waals surface area contributed by atoms with Crippen molar-refractivity contribution in [1.29, 1.82) is 0 Å². The molecule has 0 aliphatic carbocycles. The van der Waals surface area contributed by atoms with Gasteiger partial charge in [-0.05, 0) is 49.8 Å². The van der Waals surface area contributed by atoms with E-state index in [-0.39, 0.29) is 11.5 Å². The minimum absolute atomic E-state index is 0.126. The van der Waals surface area contributed by atoms with Crippen LogP contribution in [-0.4, -0.2) is 47.0 Å². The Balaban J connectivity index is 1.78. The number of aldehydes is 1. The lowest BCUT2D eigenvalue weighted by atomic mass is 9.68. The Morgan fingerprint density at radius 3 is 2.66 bits per heavy atom. The fraction of sp³-hybridized carbons (Fsp3) is 0.609. The molecule has 1 saturated heterocycles. The van der Waals surface area contributed by atoms with Gasteiger partial charge in [-0.3, -0.25) is 4.90 Å². The first-order chi connectivity index (χ1) is 13.7. The molecule has 6 heteroatoms. The summed E-state index contributed by atoms with van der Waals surface area (Å²) in [6.45, 7) is 13.9. The van der Waals surface area contributed by atoms with Crippen molar-refractivity contribution >= 4 is 17.6 Å². The summed E-state index contributed by atoms with van der Waals surface area (Å²) in [5.74, 6) is 1.21. The Labute approximate surface area is 178 Å². The molecular formula is C23H33N3O2S. The number of rotatable bonds is 7. The summed E-state index contributed by atoms with van der Waals surface area (Å²) >= 11 is 1.73. The largest absolute Gasteiger partial charge is 0.378 e. The molecule has 1 aliphatic rings. The van der Waals surface area contributed by atoms with Crippen LogP contribution in [0.3, 0.4) is 0 Å². The molecule has 3 heterocycles. The van der Waals surface area contributed by atoms with Crippen molar-refractivity contribution in [3.05, 3.63) is 35.5 Å². The number of carbonyl (C=O) groups is 1. The van der Waals surface area contributed by atoms with Gasteiger partial charge in [0.2, 0.25) is 0 Å². The molecule has 0 spiro atoms. The molecule has 2 aromatic rings. The summed E-state index contributed by atoms with van der Waals surface area (Å²) in [5, 5.41) is 0. The Morgan fingerprint density at radius 2 is 2.03 bits per heavy atom. The standard InChI is InChI=1S/C23H33N3O2S/c1-17(2)28-16-23(15-27)11-18(22(3,4)5)12-26(14-23)13-19-7-8-20(29-19)21-24-9-6-10-25-21/h6-10,15,17-18H,11-14,16H2,1-5H3/t18-,23+/m1/s1. The van der Waals surface area contributed by atoms with Crippen molar-refractivity contribution in [2.75, 3.05) is 19.7 Å². The van der Waals surface area contributed by atoms with Crippen molar-refractivity contribution in [1.82, 2.24) is 14.9 Å². The Kier molecular flexibility index (Phi) is 6.87. The second-order valence-electron chi connectivity index (χ2n) is 9.62. The van der Waals surface area contributed by atoms with E-state index in [1.54, 1.807) is 23.7 Å². The SMILES string of the molecule is CC(C)OC[C@@]1(C=O)C[C@@H](C(C)(C)C)CN(Cc2ccc(-c3ncccn3)s2)C1. The average molecular weight is 416 g/mol. The molecule has 0 unspecified atom stereocenters. The first-order valence-electron chi connectivity index (χ1n) is 10.4. The van der Waals surface area contributed by atoms with E-state index in [1.165, 1.54) is 4.88 Å². The molecule has 5 nitrogen and oxygen atoms in total. The number of ether oxygens (including phenoxy) is 1. The summed E-state index contributed by atoms with van der Waals surface area (Å²) < 4.78 is 5.93. The number of likely N-dealkylation sites (tertiary alicyclic amines) is 1. The molecule has 0 saturated carbocycles. The normalized spacial score (nSPS) is 23.4. The van der Waals surface area contributed by atoms with Crippen LogP contribution in [-0.2, 0) is 16.1 Å². The van der Waals surface area contributed by atoms with Crippen molar-refractivity contribution < 1.29 is 9.53 Å². The highest BCUT2D eigenvalue weighted by Gasteiger charge is 2.43. The number of piperidine rings is 1. The van der Waals surface area contributed by atoms with Gasteiger partial charge in [-0.2, -0.15) is 0 Å². The van der Waals surface area contributed by atoms with Crippen molar-refractivity contribution in [3.8, 4) is 10.7 Å². The van der Waals surface area contributed by atoms with Crippen molar-refractivity contribution in [3.63, 3.8) is 0 Å². The Morgan fingerprint density at radius 1 is 1.31 bits per heavy atom. The van der Waals surface area contributed by atoms with E-state index < -0.39 is 5.41 Å². The van der Waals surface area contributed by atoms with E-state index in [0.29, 0.717) is 12.5 Å². The zero-order valence-corrected chi connectivity index (χ0v) is 19.0. The number of nitrogens with zero attached hydrogens (tertiary/aromatic N) is 3. The number of hydrogen-bond acceptors (Lipinski definition) is 6. The van der Waals surface area contributed by atoms with Gasteiger partial charge in [-0.25, -0.2) is 9.97 Å². The zero-order chi connectivity index (χ0) is 21.1. The summed E-state index contributed by atoms with van der Waals surface area (Å²) in [7, 11) is 0. The fourth-order valence-electron chi connectivity index (χ4n) is 3.93. The number of carbonyl (C=O) groups excluding carboxylic acids is 1. The summed E-state index contributed by atoms with van der Waals surface area (Å²) in [4.78, 5) is 25.7. The fourth-order valence-corrected chi connectivity index (χ4v) is 4.93. The molecule has 3 rings (SSSR count). The lowest BCUT2D eigenvalue weighted by molar-refractivity contribution is -0.130. The quantitative estimate of drug-likeness (QED) is 0.615. The minimum atomic E-state index is -0.441. The van der Waals surface area contributed by atoms with Crippen LogP contribution in [0.25, 0.3) is 10.7 Å². The second-order valence-corrected chi connectivity index (χ2v) is 10.8. The van der Waals surface area contributed by atoms with Gasteiger partial charge in [0.15, 0.2) is 5.82 Å². The maximum atomic E-state index is 12.2. The third kappa shape index (κ3) is 5.71. The van der Waals surface area contributed by atoms with E-state index in [9.17, 15) is 4.79 Å². The van der Waals surface area contributed by atoms with E-state index in [0.717, 1.165) is 43.0 Å². The van der Waals surface area contributed by atoms with Crippen molar-refractivity contribution in [2.45, 2.75) is 53.7 Å². The van der Waals surface area contributed by atoms with Gasteiger partial charge in [0.1, 0.15) is 6.29 Å². The molecule has 0 N–H and O–H groups in total. The van der Waals surface area contributed by atoms with Gasteiger partial charge >= 0.3 is 0 Å². The maximum Gasteiger partial charge on any atom is 0.169 e. The lowest BCUT2D eigenvalue weighted by Gasteiger charge is -2.47. The van der Waals surface area contributed by atoms with Crippen LogP contribution in [0.5, 0.6) is 0 Å². The first-order valence-corrected chi connectivity index (χ1v) is 11.2. The van der Waals surface area contributed by atoms with Crippen LogP contribution in [0.4, 0.5) is 0 Å². The third-order valence-electron chi connectivity index (χ3n) is 5.68. The first kappa shape index (κ1) is 22.1. The predicted molar refractivity (Wildman–Crippen MR) is 118 cm³/mol. The average Bonchev–Trinajstić information content (AvgIpc) is 3.15. The van der Waals surface area contributed by atoms with Gasteiger partial charge in [0.25, 0.3) is 0 Å². The van der Waals surface area contributed by atoms with E-state index in [4.69, 9.17) is 4.74 Å². The van der Waals surface area contributed by atoms with Crippen LogP contribution >= 0.6 is 11.3 Å². The Hall–Kier alpha value is -1.63. The monoisotopic (exact) mass is 415 g/mol. The molecule has 1 aliphatic heterocycles. The zero-order valence-electron chi connectivity index (χ0n) is 18.2. The van der Waals surface area contributed by atoms with Crippen molar-refractivity contribution in [2.24, 2.45) is 16.7 Å². The van der Waals surface area contributed by atoms with Crippen LogP contribution < -0.4 is 0 Å². The molecule has 0 aromatic carbocycles. The summed E-state index contributed by atoms with van der Waals surface area (Å²) in [6, 6.07) is 6.08. The Bertz CT molecular complexity index is 800. The molecule has 2 atom stereocenters. The van der Waals surface area contributed by atoms with E-state index >= 15 is 0 Å². The highest BCUT2D eigenvalue weighted by atomic mass is 32.1. The van der Waals surface area contributed by atoms with E-state index in [1.807, 2.05) is 19.9 Å². The second kappa shape index (κ2) is 9.02. The van der Waals surface area contributed by atoms with Gasteiger partial charge in [-0.1, -0.05) is 20.8 Å². The summed E-state index contributed by atoms with van der Waals surface area (Å²) in [5.41, 5.74) is -0.299. The molecule has 0 bridgehead atoms. The molecular weight excluding hydrogens is 382 g/mol. The smallest absolute Gasteiger partial charge is 0.169 e. The number of hydrogen-bond donors (Lipinski definition) is 0. The number of thiophene rings is 1. The van der Waals surface area contributed by atoms with Gasteiger partial charge in [-0.15, -0.1) is 11.3 Å². The predicted octanol–water partition coefficient (Wildman–Crippen LogP) is 4.68. The third-order valence-corrected chi connectivity index (χ3v) is 6.74.